The molecule has 1 heterocycles. The Balaban J connectivity index is 1.84. The van der Waals surface area contributed by atoms with E-state index in [1.165, 1.54) is 5.01 Å². The molecule has 0 aliphatic carbocycles. The number of hydrogen-bond acceptors (Lipinski definition) is 3. The van der Waals surface area contributed by atoms with Gasteiger partial charge in [-0.05, 0) is 43.2 Å². The molecule has 2 aromatic carbocycles. The number of hydrazone groups is 1. The fourth-order valence-electron chi connectivity index (χ4n) is 2.58. The van der Waals surface area contributed by atoms with E-state index < -0.39 is 0 Å². The maximum absolute atomic E-state index is 12.5. The summed E-state index contributed by atoms with van der Waals surface area (Å²) in [6.45, 7) is 3.80. The summed E-state index contributed by atoms with van der Waals surface area (Å²) in [5.41, 5.74) is 3.47. The second kappa shape index (κ2) is 7.07. The third-order valence-electron chi connectivity index (χ3n) is 4.07. The monoisotopic (exact) mass is 355 g/mol. The molecular formula is C19H18ClN3O2. The lowest BCUT2D eigenvalue weighted by molar-refractivity contribution is -0.118. The average Bonchev–Trinajstić information content (AvgIpc) is 2.59. The molecule has 0 unspecified atom stereocenters. The Hall–Kier alpha value is -2.66. The van der Waals surface area contributed by atoms with Crippen LogP contribution in [0.25, 0.3) is 0 Å². The first-order valence-corrected chi connectivity index (χ1v) is 8.37. The van der Waals surface area contributed by atoms with Crippen LogP contribution in [0.3, 0.4) is 0 Å². The lowest BCUT2D eigenvalue weighted by Gasteiger charge is -2.24. The van der Waals surface area contributed by atoms with Gasteiger partial charge in [0, 0.05) is 23.6 Å². The summed E-state index contributed by atoms with van der Waals surface area (Å²) in [5.74, 6) is -0.449. The molecule has 1 aliphatic rings. The van der Waals surface area contributed by atoms with Gasteiger partial charge in [0.2, 0.25) is 5.91 Å². The maximum atomic E-state index is 12.5. The molecule has 1 aliphatic heterocycles. The highest BCUT2D eigenvalue weighted by molar-refractivity contribution is 6.44. The first-order chi connectivity index (χ1) is 12.0. The van der Waals surface area contributed by atoms with Crippen LogP contribution in [0.2, 0.25) is 5.02 Å². The number of para-hydroxylation sites is 1. The Morgan fingerprint density at radius 3 is 2.60 bits per heavy atom. The van der Waals surface area contributed by atoms with E-state index in [2.05, 4.69) is 10.4 Å². The summed E-state index contributed by atoms with van der Waals surface area (Å²) < 4.78 is 0. The van der Waals surface area contributed by atoms with Crippen molar-refractivity contribution in [3.05, 3.63) is 58.6 Å². The molecule has 128 valence electrons. The lowest BCUT2D eigenvalue weighted by Crippen LogP contribution is -2.36. The number of hydrogen-bond donors (Lipinski definition) is 1. The van der Waals surface area contributed by atoms with E-state index in [0.29, 0.717) is 28.5 Å². The zero-order valence-electron chi connectivity index (χ0n) is 14.0. The summed E-state index contributed by atoms with van der Waals surface area (Å²) >= 11 is 6.09. The number of carbonyl (C=O) groups excluding carboxylic acids is 2. The maximum Gasteiger partial charge on any atom is 0.271 e. The largest absolute Gasteiger partial charge is 0.321 e. The fourth-order valence-corrected chi connectivity index (χ4v) is 2.76. The fraction of sp³-hybridized carbons (Fsp3) is 0.211. The number of carbonyl (C=O) groups is 2. The molecule has 0 aromatic heterocycles. The molecule has 0 spiro atoms. The van der Waals surface area contributed by atoms with E-state index in [1.54, 1.807) is 12.1 Å². The highest BCUT2D eigenvalue weighted by atomic mass is 35.5. The Morgan fingerprint density at radius 1 is 1.12 bits per heavy atom. The van der Waals surface area contributed by atoms with Gasteiger partial charge >= 0.3 is 0 Å². The molecule has 2 amide bonds. The lowest BCUT2D eigenvalue weighted by atomic mass is 10.1. The summed E-state index contributed by atoms with van der Waals surface area (Å²) in [4.78, 5) is 24.7. The van der Waals surface area contributed by atoms with Crippen molar-refractivity contribution < 1.29 is 9.59 Å². The quantitative estimate of drug-likeness (QED) is 0.901. The number of aryl methyl sites for hydroxylation is 2. The van der Waals surface area contributed by atoms with Crippen molar-refractivity contribution in [3.8, 4) is 0 Å². The van der Waals surface area contributed by atoms with E-state index in [4.69, 9.17) is 11.6 Å². The topological polar surface area (TPSA) is 61.8 Å². The number of nitrogens with zero attached hydrogens (tertiary/aromatic N) is 2. The normalized spacial score (nSPS) is 14.3. The molecule has 1 N–H and O–H groups in total. The van der Waals surface area contributed by atoms with Gasteiger partial charge in [0.15, 0.2) is 0 Å². The summed E-state index contributed by atoms with van der Waals surface area (Å²) in [6, 6.07) is 12.8. The SMILES string of the molecule is Cc1ccc(NC(=O)C2=NN(c3ccccc3C)C(=O)CC2)cc1Cl. The number of nitrogens with one attached hydrogen (secondary N) is 1. The summed E-state index contributed by atoms with van der Waals surface area (Å²) in [6.07, 6.45) is 0.557. The number of rotatable bonds is 3. The van der Waals surface area contributed by atoms with Gasteiger partial charge < -0.3 is 5.32 Å². The van der Waals surface area contributed by atoms with Crippen LogP contribution in [0.4, 0.5) is 11.4 Å². The van der Waals surface area contributed by atoms with E-state index >= 15 is 0 Å². The first kappa shape index (κ1) is 17.2. The van der Waals surface area contributed by atoms with Gasteiger partial charge in [-0.2, -0.15) is 5.10 Å². The third-order valence-corrected chi connectivity index (χ3v) is 4.48. The Morgan fingerprint density at radius 2 is 1.88 bits per heavy atom. The molecule has 6 heteroatoms. The van der Waals surface area contributed by atoms with Crippen molar-refractivity contribution >= 4 is 40.5 Å². The van der Waals surface area contributed by atoms with Crippen LogP contribution >= 0.6 is 11.6 Å². The second-order valence-corrected chi connectivity index (χ2v) is 6.36. The van der Waals surface area contributed by atoms with Crippen molar-refractivity contribution in [1.82, 2.24) is 0 Å². The van der Waals surface area contributed by atoms with E-state index in [9.17, 15) is 9.59 Å². The Labute approximate surface area is 151 Å². The second-order valence-electron chi connectivity index (χ2n) is 5.96. The van der Waals surface area contributed by atoms with Gasteiger partial charge in [0.05, 0.1) is 5.69 Å². The van der Waals surface area contributed by atoms with Gasteiger partial charge in [0.1, 0.15) is 5.71 Å². The molecule has 5 nitrogen and oxygen atoms in total. The molecule has 0 fully saturated rings. The van der Waals surface area contributed by atoms with Gasteiger partial charge in [-0.1, -0.05) is 35.9 Å². The van der Waals surface area contributed by atoms with Crippen molar-refractivity contribution in [3.63, 3.8) is 0 Å². The molecule has 0 saturated heterocycles. The molecule has 0 radical (unpaired) electrons. The van der Waals surface area contributed by atoms with E-state index in [-0.39, 0.29) is 18.2 Å². The predicted octanol–water partition coefficient (Wildman–Crippen LogP) is 4.08. The smallest absolute Gasteiger partial charge is 0.271 e. The number of halogens is 1. The van der Waals surface area contributed by atoms with Gasteiger partial charge in [0.25, 0.3) is 5.91 Å². The van der Waals surface area contributed by atoms with Gasteiger partial charge in [-0.25, -0.2) is 5.01 Å². The minimum Gasteiger partial charge on any atom is -0.321 e. The number of amides is 2. The van der Waals surface area contributed by atoms with Crippen LogP contribution in [0.5, 0.6) is 0 Å². The van der Waals surface area contributed by atoms with Gasteiger partial charge in [-0.15, -0.1) is 0 Å². The summed E-state index contributed by atoms with van der Waals surface area (Å²) in [5, 5.41) is 8.97. The number of anilines is 2. The molecular weight excluding hydrogens is 338 g/mol. The predicted molar refractivity (Wildman–Crippen MR) is 100 cm³/mol. The summed E-state index contributed by atoms with van der Waals surface area (Å²) in [7, 11) is 0. The Bertz CT molecular complexity index is 877. The van der Waals surface area contributed by atoms with Crippen molar-refractivity contribution in [2.45, 2.75) is 26.7 Å². The van der Waals surface area contributed by atoms with E-state index in [0.717, 1.165) is 11.1 Å². The van der Waals surface area contributed by atoms with Crippen molar-refractivity contribution in [2.75, 3.05) is 10.3 Å². The van der Waals surface area contributed by atoms with E-state index in [1.807, 2.05) is 44.2 Å². The molecule has 0 bridgehead atoms. The highest BCUT2D eigenvalue weighted by Crippen LogP contribution is 2.24. The minimum atomic E-state index is -0.328. The van der Waals surface area contributed by atoms with Crippen molar-refractivity contribution in [1.29, 1.82) is 0 Å². The first-order valence-electron chi connectivity index (χ1n) is 7.99. The molecule has 2 aromatic rings. The number of benzene rings is 2. The van der Waals surface area contributed by atoms with Gasteiger partial charge in [-0.3, -0.25) is 9.59 Å². The average molecular weight is 356 g/mol. The Kier molecular flexibility index (Phi) is 4.86. The van der Waals surface area contributed by atoms with Crippen LogP contribution in [0.15, 0.2) is 47.6 Å². The highest BCUT2D eigenvalue weighted by Gasteiger charge is 2.26. The van der Waals surface area contributed by atoms with Crippen LogP contribution in [0.1, 0.15) is 24.0 Å². The van der Waals surface area contributed by atoms with Crippen molar-refractivity contribution in [2.24, 2.45) is 5.10 Å². The standard InChI is InChI=1S/C19H18ClN3O2/c1-12-7-8-14(11-15(12)20)21-19(25)16-9-10-18(24)23(22-16)17-6-4-3-5-13(17)2/h3-8,11H,9-10H2,1-2H3,(H,21,25). The molecule has 0 atom stereocenters. The van der Waals surface area contributed by atoms with Crippen LogP contribution in [0, 0.1) is 13.8 Å². The van der Waals surface area contributed by atoms with Crippen LogP contribution in [-0.2, 0) is 9.59 Å². The van der Waals surface area contributed by atoms with Crippen LogP contribution in [-0.4, -0.2) is 17.5 Å². The molecule has 0 saturated carbocycles. The third kappa shape index (κ3) is 3.72. The van der Waals surface area contributed by atoms with Crippen LogP contribution < -0.4 is 10.3 Å². The molecule has 25 heavy (non-hydrogen) atoms. The zero-order valence-corrected chi connectivity index (χ0v) is 14.8. The molecule has 3 rings (SSSR count). The zero-order chi connectivity index (χ0) is 18.0. The minimum absolute atomic E-state index is 0.121.